The van der Waals surface area contributed by atoms with Gasteiger partial charge in [-0.1, -0.05) is 0 Å². The Bertz CT molecular complexity index is 211. The summed E-state index contributed by atoms with van der Waals surface area (Å²) in [4.78, 5) is 10.4. The molecule has 0 amide bonds. The minimum Gasteiger partial charge on any atom is -0.481 e. The summed E-state index contributed by atoms with van der Waals surface area (Å²) in [6, 6.07) is 0. The van der Waals surface area contributed by atoms with Crippen LogP contribution in [0.4, 0.5) is 13.2 Å². The first-order valence-corrected chi connectivity index (χ1v) is 3.56. The molecule has 0 heterocycles. The molecule has 0 saturated heterocycles. The topological polar surface area (TPSA) is 37.3 Å². The molecule has 0 aromatic carbocycles. The highest BCUT2D eigenvalue weighted by Crippen LogP contribution is 2.56. The molecule has 0 aromatic rings. The van der Waals surface area contributed by atoms with Gasteiger partial charge in [-0.2, -0.15) is 13.2 Å². The third-order valence-corrected chi connectivity index (χ3v) is 2.38. The molecular weight excluding hydrogens is 173 g/mol. The van der Waals surface area contributed by atoms with E-state index < -0.39 is 29.9 Å². The van der Waals surface area contributed by atoms with Gasteiger partial charge in [0.05, 0.1) is 5.41 Å². The standard InChI is InChI=1S/C7H9F3O2/c1-6(5(11)12)2-4(6)3-7(8,9)10/h4H,2-3H2,1H3,(H,11,12)/t4-,6+/m1/s1. The fraction of sp³-hybridized carbons (Fsp3) is 0.857. The van der Waals surface area contributed by atoms with Crippen LogP contribution in [0.1, 0.15) is 19.8 Å². The van der Waals surface area contributed by atoms with Crippen molar-refractivity contribution in [3.05, 3.63) is 0 Å². The molecule has 1 N–H and O–H groups in total. The molecule has 0 unspecified atom stereocenters. The quantitative estimate of drug-likeness (QED) is 0.709. The van der Waals surface area contributed by atoms with Crippen LogP contribution < -0.4 is 0 Å². The van der Waals surface area contributed by atoms with Crippen molar-refractivity contribution in [2.24, 2.45) is 11.3 Å². The van der Waals surface area contributed by atoms with E-state index in [1.54, 1.807) is 0 Å². The zero-order valence-corrected chi connectivity index (χ0v) is 6.48. The number of carboxylic acid groups (broad SMARTS) is 1. The first-order valence-electron chi connectivity index (χ1n) is 3.56. The van der Waals surface area contributed by atoms with Crippen LogP contribution >= 0.6 is 0 Å². The normalized spacial score (nSPS) is 34.8. The molecule has 0 aliphatic heterocycles. The highest BCUT2D eigenvalue weighted by molar-refractivity contribution is 5.78. The number of alkyl halides is 3. The summed E-state index contributed by atoms with van der Waals surface area (Å²) in [5.74, 6) is -1.85. The van der Waals surface area contributed by atoms with Gasteiger partial charge in [-0.05, 0) is 19.3 Å². The highest BCUT2D eigenvalue weighted by atomic mass is 19.4. The van der Waals surface area contributed by atoms with E-state index in [0.29, 0.717) is 0 Å². The molecule has 0 aromatic heterocycles. The van der Waals surface area contributed by atoms with Crippen LogP contribution in [0.5, 0.6) is 0 Å². The molecule has 1 saturated carbocycles. The van der Waals surface area contributed by atoms with E-state index in [9.17, 15) is 18.0 Å². The molecule has 2 nitrogen and oxygen atoms in total. The lowest BCUT2D eigenvalue weighted by Crippen LogP contribution is -2.17. The molecule has 2 atom stereocenters. The minimum absolute atomic E-state index is 0.141. The summed E-state index contributed by atoms with van der Waals surface area (Å²) in [6.45, 7) is 1.35. The van der Waals surface area contributed by atoms with E-state index in [2.05, 4.69) is 0 Å². The third kappa shape index (κ3) is 1.70. The zero-order valence-electron chi connectivity index (χ0n) is 6.48. The van der Waals surface area contributed by atoms with Crippen molar-refractivity contribution in [1.82, 2.24) is 0 Å². The van der Waals surface area contributed by atoms with Crippen LogP contribution in [0, 0.1) is 11.3 Å². The molecule has 1 fully saturated rings. The Hall–Kier alpha value is -0.740. The number of halogens is 3. The fourth-order valence-corrected chi connectivity index (χ4v) is 1.29. The summed E-state index contributed by atoms with van der Waals surface area (Å²) in [5, 5.41) is 8.51. The molecule has 5 heteroatoms. The lowest BCUT2D eigenvalue weighted by atomic mass is 10.1. The van der Waals surface area contributed by atoms with E-state index in [4.69, 9.17) is 5.11 Å². The summed E-state index contributed by atoms with van der Waals surface area (Å²) in [5.41, 5.74) is -1.13. The second-order valence-electron chi connectivity index (χ2n) is 3.44. The molecule has 1 rings (SSSR count). The number of carboxylic acids is 1. The number of rotatable bonds is 2. The van der Waals surface area contributed by atoms with Crippen molar-refractivity contribution >= 4 is 5.97 Å². The lowest BCUT2D eigenvalue weighted by Gasteiger charge is -2.07. The van der Waals surface area contributed by atoms with Crippen molar-refractivity contribution in [2.45, 2.75) is 25.9 Å². The van der Waals surface area contributed by atoms with E-state index in [1.807, 2.05) is 0 Å². The van der Waals surface area contributed by atoms with Crippen molar-refractivity contribution in [3.63, 3.8) is 0 Å². The lowest BCUT2D eigenvalue weighted by molar-refractivity contribution is -0.149. The largest absolute Gasteiger partial charge is 0.481 e. The maximum absolute atomic E-state index is 11.8. The maximum atomic E-state index is 11.8. The van der Waals surface area contributed by atoms with Gasteiger partial charge in [-0.25, -0.2) is 0 Å². The van der Waals surface area contributed by atoms with Crippen LogP contribution in [0.2, 0.25) is 0 Å². The number of aliphatic carboxylic acids is 1. The molecule has 12 heavy (non-hydrogen) atoms. The van der Waals surface area contributed by atoms with E-state index in [1.165, 1.54) is 6.92 Å². The third-order valence-electron chi connectivity index (χ3n) is 2.38. The Kier molecular flexibility index (Phi) is 1.85. The van der Waals surface area contributed by atoms with Gasteiger partial charge in [0, 0.05) is 6.42 Å². The second kappa shape index (κ2) is 2.37. The first-order chi connectivity index (χ1) is 5.26. The van der Waals surface area contributed by atoms with Crippen LogP contribution in [-0.2, 0) is 4.79 Å². The van der Waals surface area contributed by atoms with Gasteiger partial charge in [0.25, 0.3) is 0 Å². The van der Waals surface area contributed by atoms with Gasteiger partial charge < -0.3 is 5.11 Å². The average molecular weight is 182 g/mol. The van der Waals surface area contributed by atoms with E-state index >= 15 is 0 Å². The van der Waals surface area contributed by atoms with Gasteiger partial charge in [-0.3, -0.25) is 4.79 Å². The molecule has 70 valence electrons. The summed E-state index contributed by atoms with van der Waals surface area (Å²) in [7, 11) is 0. The van der Waals surface area contributed by atoms with Gasteiger partial charge in [0.1, 0.15) is 0 Å². The van der Waals surface area contributed by atoms with Crippen molar-refractivity contribution in [1.29, 1.82) is 0 Å². The Morgan fingerprint density at radius 3 is 2.42 bits per heavy atom. The van der Waals surface area contributed by atoms with Crippen molar-refractivity contribution in [3.8, 4) is 0 Å². The number of carbonyl (C=O) groups is 1. The molecule has 0 spiro atoms. The van der Waals surface area contributed by atoms with Crippen LogP contribution in [0.3, 0.4) is 0 Å². The highest BCUT2D eigenvalue weighted by Gasteiger charge is 2.59. The first kappa shape index (κ1) is 9.35. The SMILES string of the molecule is C[C@]1(C(=O)O)C[C@@H]1CC(F)(F)F. The molecule has 0 radical (unpaired) electrons. The molecule has 1 aliphatic rings. The Morgan fingerprint density at radius 2 is 2.17 bits per heavy atom. The Labute approximate surface area is 67.4 Å². The Morgan fingerprint density at radius 1 is 1.67 bits per heavy atom. The summed E-state index contributed by atoms with van der Waals surface area (Å²) >= 11 is 0. The molecule has 1 aliphatic carbocycles. The van der Waals surface area contributed by atoms with Crippen LogP contribution in [0.25, 0.3) is 0 Å². The van der Waals surface area contributed by atoms with Gasteiger partial charge in [0.15, 0.2) is 0 Å². The molecular formula is C7H9F3O2. The molecule has 0 bridgehead atoms. The predicted molar refractivity (Wildman–Crippen MR) is 34.5 cm³/mol. The average Bonchev–Trinajstić information content (AvgIpc) is 2.38. The summed E-state index contributed by atoms with van der Waals surface area (Å²) < 4.78 is 35.3. The van der Waals surface area contributed by atoms with Crippen molar-refractivity contribution in [2.75, 3.05) is 0 Å². The Balaban J connectivity index is 2.48. The second-order valence-corrected chi connectivity index (χ2v) is 3.44. The maximum Gasteiger partial charge on any atom is 0.389 e. The number of hydrogen-bond donors (Lipinski definition) is 1. The summed E-state index contributed by atoms with van der Waals surface area (Å²) in [6.07, 6.45) is -5.07. The van der Waals surface area contributed by atoms with Crippen LogP contribution in [-0.4, -0.2) is 17.3 Å². The smallest absolute Gasteiger partial charge is 0.389 e. The van der Waals surface area contributed by atoms with Crippen molar-refractivity contribution < 1.29 is 23.1 Å². The van der Waals surface area contributed by atoms with Gasteiger partial charge in [-0.15, -0.1) is 0 Å². The van der Waals surface area contributed by atoms with Gasteiger partial charge in [0.2, 0.25) is 0 Å². The van der Waals surface area contributed by atoms with E-state index in [0.717, 1.165) is 0 Å². The number of hydrogen-bond acceptors (Lipinski definition) is 1. The monoisotopic (exact) mass is 182 g/mol. The van der Waals surface area contributed by atoms with E-state index in [-0.39, 0.29) is 6.42 Å². The fourth-order valence-electron chi connectivity index (χ4n) is 1.29. The predicted octanol–water partition coefficient (Wildman–Crippen LogP) is 2.05. The minimum atomic E-state index is -4.24. The van der Waals surface area contributed by atoms with Crippen LogP contribution in [0.15, 0.2) is 0 Å². The van der Waals surface area contributed by atoms with Gasteiger partial charge >= 0.3 is 12.1 Å². The zero-order chi connectivity index (χ0) is 9.57.